The zero-order chi connectivity index (χ0) is 13.1. The molecule has 0 unspecified atom stereocenters. The van der Waals surface area contributed by atoms with Gasteiger partial charge in [0.15, 0.2) is 5.82 Å². The molecule has 0 N–H and O–H groups in total. The quantitative estimate of drug-likeness (QED) is 0.845. The summed E-state index contributed by atoms with van der Waals surface area (Å²) < 4.78 is 5.03. The lowest BCUT2D eigenvalue weighted by atomic mass is 9.94. The van der Waals surface area contributed by atoms with E-state index >= 15 is 0 Å². The van der Waals surface area contributed by atoms with Crippen molar-refractivity contribution in [1.29, 1.82) is 0 Å². The topological polar surface area (TPSA) is 55.1 Å². The lowest BCUT2D eigenvalue weighted by Gasteiger charge is -2.33. The van der Waals surface area contributed by atoms with Crippen LogP contribution in [-0.4, -0.2) is 28.2 Å². The first-order valence-corrected chi connectivity index (χ1v) is 6.76. The number of aromatic nitrogens is 3. The van der Waals surface area contributed by atoms with Gasteiger partial charge in [-0.05, 0) is 30.9 Å². The van der Waals surface area contributed by atoms with E-state index in [1.54, 1.807) is 0 Å². The molecule has 5 heteroatoms. The van der Waals surface area contributed by atoms with Crippen molar-refractivity contribution in [1.82, 2.24) is 15.1 Å². The van der Waals surface area contributed by atoms with Crippen molar-refractivity contribution in [2.45, 2.75) is 26.2 Å². The second kappa shape index (κ2) is 5.38. The third-order valence-corrected chi connectivity index (χ3v) is 3.53. The predicted molar refractivity (Wildman–Crippen MR) is 71.9 cm³/mol. The molecule has 2 aromatic rings. The number of hydrogen-bond acceptors (Lipinski definition) is 5. The molecule has 0 bridgehead atoms. The number of anilines is 1. The summed E-state index contributed by atoms with van der Waals surface area (Å²) in [5.41, 5.74) is 0. The molecule has 0 spiro atoms. The Morgan fingerprint density at radius 2 is 2.37 bits per heavy atom. The van der Waals surface area contributed by atoms with Crippen molar-refractivity contribution < 1.29 is 4.52 Å². The van der Waals surface area contributed by atoms with E-state index in [1.807, 2.05) is 25.3 Å². The maximum Gasteiger partial charge on any atom is 0.223 e. The molecule has 3 rings (SSSR count). The van der Waals surface area contributed by atoms with Crippen LogP contribution >= 0.6 is 0 Å². The second-order valence-corrected chi connectivity index (χ2v) is 5.08. The fourth-order valence-corrected chi connectivity index (χ4v) is 2.66. The van der Waals surface area contributed by atoms with Crippen LogP contribution in [0.3, 0.4) is 0 Å². The molecule has 1 fully saturated rings. The lowest BCUT2D eigenvalue weighted by molar-refractivity contribution is 0.369. The summed E-state index contributed by atoms with van der Waals surface area (Å²) in [5, 5.41) is 3.99. The Morgan fingerprint density at radius 1 is 1.42 bits per heavy atom. The van der Waals surface area contributed by atoms with Crippen molar-refractivity contribution in [3.8, 4) is 0 Å². The number of hydrogen-bond donors (Lipinski definition) is 0. The molecular weight excluding hydrogens is 240 g/mol. The molecule has 1 saturated heterocycles. The first kappa shape index (κ1) is 12.1. The summed E-state index contributed by atoms with van der Waals surface area (Å²) in [6.45, 7) is 3.93. The number of nitrogens with zero attached hydrogens (tertiary/aromatic N) is 4. The van der Waals surface area contributed by atoms with Crippen LogP contribution in [-0.2, 0) is 6.42 Å². The smallest absolute Gasteiger partial charge is 0.223 e. The Bertz CT molecular complexity index is 525. The molecule has 5 nitrogen and oxygen atoms in total. The van der Waals surface area contributed by atoms with Gasteiger partial charge in [0.2, 0.25) is 5.89 Å². The van der Waals surface area contributed by atoms with E-state index in [9.17, 15) is 0 Å². The third kappa shape index (κ3) is 2.92. The molecule has 19 heavy (non-hydrogen) atoms. The van der Waals surface area contributed by atoms with Crippen molar-refractivity contribution in [3.05, 3.63) is 36.1 Å². The standard InChI is InChI=1S/C14H18N4O/c1-11-16-13(17-19-11)9-12-5-4-8-18(10-12)14-6-2-3-7-15-14/h2-3,6-7,12H,4-5,8-10H2,1H3/t12-/m0/s1. The van der Waals surface area contributed by atoms with Gasteiger partial charge in [-0.2, -0.15) is 4.98 Å². The summed E-state index contributed by atoms with van der Waals surface area (Å²) in [5.74, 6) is 3.11. The Balaban J connectivity index is 1.65. The minimum absolute atomic E-state index is 0.577. The van der Waals surface area contributed by atoms with Crippen LogP contribution in [0.2, 0.25) is 0 Å². The van der Waals surface area contributed by atoms with E-state index < -0.39 is 0 Å². The van der Waals surface area contributed by atoms with Gasteiger partial charge in [-0.1, -0.05) is 11.2 Å². The average Bonchev–Trinajstić information content (AvgIpc) is 2.85. The molecule has 3 heterocycles. The van der Waals surface area contributed by atoms with Crippen molar-refractivity contribution >= 4 is 5.82 Å². The number of piperidine rings is 1. The van der Waals surface area contributed by atoms with Gasteiger partial charge in [-0.3, -0.25) is 0 Å². The zero-order valence-corrected chi connectivity index (χ0v) is 11.1. The van der Waals surface area contributed by atoms with E-state index in [4.69, 9.17) is 4.52 Å². The van der Waals surface area contributed by atoms with E-state index in [1.165, 1.54) is 12.8 Å². The molecule has 2 aromatic heterocycles. The molecule has 0 amide bonds. The van der Waals surface area contributed by atoms with Gasteiger partial charge in [0.25, 0.3) is 0 Å². The molecular formula is C14H18N4O. The SMILES string of the molecule is Cc1nc(C[C@@H]2CCCN(c3ccccn3)C2)no1. The third-order valence-electron chi connectivity index (χ3n) is 3.53. The Morgan fingerprint density at radius 3 is 3.11 bits per heavy atom. The Labute approximate surface area is 112 Å². The molecule has 0 aromatic carbocycles. The van der Waals surface area contributed by atoms with Crippen LogP contribution in [0.5, 0.6) is 0 Å². The minimum atomic E-state index is 0.577. The van der Waals surface area contributed by atoms with Gasteiger partial charge in [-0.25, -0.2) is 4.98 Å². The highest BCUT2D eigenvalue weighted by molar-refractivity contribution is 5.38. The van der Waals surface area contributed by atoms with Crippen LogP contribution in [0.4, 0.5) is 5.82 Å². The molecule has 1 aliphatic heterocycles. The van der Waals surface area contributed by atoms with Crippen molar-refractivity contribution in [2.24, 2.45) is 5.92 Å². The van der Waals surface area contributed by atoms with Gasteiger partial charge >= 0.3 is 0 Å². The van der Waals surface area contributed by atoms with Crippen molar-refractivity contribution in [2.75, 3.05) is 18.0 Å². The molecule has 0 radical (unpaired) electrons. The van der Waals surface area contributed by atoms with Crippen molar-refractivity contribution in [3.63, 3.8) is 0 Å². The first-order valence-electron chi connectivity index (χ1n) is 6.76. The second-order valence-electron chi connectivity index (χ2n) is 5.08. The monoisotopic (exact) mass is 258 g/mol. The molecule has 0 aliphatic carbocycles. The maximum absolute atomic E-state index is 5.03. The summed E-state index contributed by atoms with van der Waals surface area (Å²) in [6.07, 6.45) is 5.15. The highest BCUT2D eigenvalue weighted by atomic mass is 16.5. The lowest BCUT2D eigenvalue weighted by Crippen LogP contribution is -2.36. The van der Waals surface area contributed by atoms with Gasteiger partial charge in [-0.15, -0.1) is 0 Å². The molecule has 100 valence electrons. The molecule has 0 saturated carbocycles. The van der Waals surface area contributed by atoms with Crippen LogP contribution in [0.1, 0.15) is 24.6 Å². The van der Waals surface area contributed by atoms with Gasteiger partial charge < -0.3 is 9.42 Å². The summed E-state index contributed by atoms with van der Waals surface area (Å²) in [6, 6.07) is 6.06. The van der Waals surface area contributed by atoms with Crippen LogP contribution in [0, 0.1) is 12.8 Å². The highest BCUT2D eigenvalue weighted by Crippen LogP contribution is 2.23. The molecule has 1 aliphatic rings. The van der Waals surface area contributed by atoms with E-state index in [-0.39, 0.29) is 0 Å². The molecule has 1 atom stereocenters. The van der Waals surface area contributed by atoms with E-state index in [0.29, 0.717) is 11.8 Å². The highest BCUT2D eigenvalue weighted by Gasteiger charge is 2.22. The largest absolute Gasteiger partial charge is 0.356 e. The van der Waals surface area contributed by atoms with Crippen LogP contribution in [0.25, 0.3) is 0 Å². The number of rotatable bonds is 3. The predicted octanol–water partition coefficient (Wildman–Crippen LogP) is 2.23. The zero-order valence-electron chi connectivity index (χ0n) is 11.1. The first-order chi connectivity index (χ1) is 9.31. The normalized spacial score (nSPS) is 19.6. The summed E-state index contributed by atoms with van der Waals surface area (Å²) >= 11 is 0. The maximum atomic E-state index is 5.03. The van der Waals surface area contributed by atoms with Crippen LogP contribution in [0.15, 0.2) is 28.9 Å². The van der Waals surface area contributed by atoms with Gasteiger partial charge in [0.05, 0.1) is 0 Å². The summed E-state index contributed by atoms with van der Waals surface area (Å²) in [4.78, 5) is 11.1. The summed E-state index contributed by atoms with van der Waals surface area (Å²) in [7, 11) is 0. The van der Waals surface area contributed by atoms with Gasteiger partial charge in [0, 0.05) is 32.6 Å². The minimum Gasteiger partial charge on any atom is -0.356 e. The fourth-order valence-electron chi connectivity index (χ4n) is 2.66. The van der Waals surface area contributed by atoms with E-state index in [2.05, 4.69) is 26.1 Å². The van der Waals surface area contributed by atoms with Gasteiger partial charge in [0.1, 0.15) is 5.82 Å². The number of pyridine rings is 1. The van der Waals surface area contributed by atoms with E-state index in [0.717, 1.165) is 31.2 Å². The Kier molecular flexibility index (Phi) is 3.44. The Hall–Kier alpha value is -1.91. The fraction of sp³-hybridized carbons (Fsp3) is 0.500. The number of aryl methyl sites for hydroxylation is 1. The average molecular weight is 258 g/mol. The van der Waals surface area contributed by atoms with Crippen LogP contribution < -0.4 is 4.90 Å².